The van der Waals surface area contributed by atoms with E-state index in [1.165, 1.54) is 77.0 Å². The lowest BCUT2D eigenvalue weighted by atomic mass is 10.0. The van der Waals surface area contributed by atoms with Crippen LogP contribution in [0.4, 0.5) is 0 Å². The molecule has 0 N–H and O–H groups in total. The number of nitrogens with zero attached hydrogens (tertiary/aromatic N) is 1. The van der Waals surface area contributed by atoms with Crippen molar-refractivity contribution in [3.63, 3.8) is 0 Å². The van der Waals surface area contributed by atoms with E-state index in [0.29, 0.717) is 6.54 Å². The van der Waals surface area contributed by atoms with E-state index in [4.69, 9.17) is 0 Å². The second kappa shape index (κ2) is 14.5. The zero-order chi connectivity index (χ0) is 13.5. The highest BCUT2D eigenvalue weighted by Crippen LogP contribution is 2.12. The summed E-state index contributed by atoms with van der Waals surface area (Å²) >= 11 is 0. The number of unbranched alkanes of at least 4 members (excludes halogenated alkanes) is 12. The third-order valence-electron chi connectivity index (χ3n) is 3.51. The summed E-state index contributed by atoms with van der Waals surface area (Å²) in [6.07, 6.45) is 17.5. The lowest BCUT2D eigenvalue weighted by molar-refractivity contribution is -0.449. The normalized spacial score (nSPS) is 10.7. The number of hydrogen-bond donors (Lipinski definition) is 0. The summed E-state index contributed by atoms with van der Waals surface area (Å²) in [5, 5.41) is 10.6. The molecule has 0 aromatic heterocycles. The standard InChI is InChI=1S/C16H33NO/c1-3-4-5-6-7-8-9-10-11-12-13-14-15-16-17(2)18/h2-16H2,1H3. The van der Waals surface area contributed by atoms with Crippen molar-refractivity contribution in [2.24, 2.45) is 0 Å². The van der Waals surface area contributed by atoms with Crippen LogP contribution in [0.3, 0.4) is 0 Å². The Balaban J connectivity index is 2.92. The molecule has 2 nitrogen and oxygen atoms in total. The molecule has 0 bridgehead atoms. The summed E-state index contributed by atoms with van der Waals surface area (Å²) in [6.45, 7) is 6.17. The van der Waals surface area contributed by atoms with Crippen molar-refractivity contribution in [1.82, 2.24) is 0 Å². The first-order chi connectivity index (χ1) is 8.77. The average molecular weight is 255 g/mol. The Kier molecular flexibility index (Phi) is 14.1. The Morgan fingerprint density at radius 3 is 1.33 bits per heavy atom. The first kappa shape index (κ1) is 17.5. The molecule has 0 spiro atoms. The van der Waals surface area contributed by atoms with Gasteiger partial charge in [-0.05, 0) is 6.42 Å². The van der Waals surface area contributed by atoms with E-state index in [-0.39, 0.29) is 0 Å². The van der Waals surface area contributed by atoms with Crippen LogP contribution in [0, 0.1) is 5.21 Å². The van der Waals surface area contributed by atoms with Crippen molar-refractivity contribution in [3.8, 4) is 0 Å². The summed E-state index contributed by atoms with van der Waals surface area (Å²) in [5.41, 5.74) is 0. The molecule has 0 aromatic carbocycles. The molecule has 0 aliphatic heterocycles. The van der Waals surface area contributed by atoms with Crippen LogP contribution in [0.2, 0.25) is 0 Å². The summed E-state index contributed by atoms with van der Waals surface area (Å²) < 4.78 is 0.790. The third-order valence-corrected chi connectivity index (χ3v) is 3.51. The minimum absolute atomic E-state index is 0.595. The predicted octanol–water partition coefficient (Wildman–Crippen LogP) is 5.29. The van der Waals surface area contributed by atoms with Crippen LogP contribution in [-0.4, -0.2) is 18.0 Å². The fourth-order valence-corrected chi connectivity index (χ4v) is 2.31. The van der Waals surface area contributed by atoms with Gasteiger partial charge >= 0.3 is 0 Å². The molecule has 0 rings (SSSR count). The van der Waals surface area contributed by atoms with Crippen molar-refractivity contribution < 1.29 is 4.74 Å². The first-order valence-corrected chi connectivity index (χ1v) is 8.02. The van der Waals surface area contributed by atoms with Gasteiger partial charge in [0.25, 0.3) is 0 Å². The Morgan fingerprint density at radius 1 is 0.667 bits per heavy atom. The van der Waals surface area contributed by atoms with E-state index >= 15 is 0 Å². The Morgan fingerprint density at radius 2 is 1.00 bits per heavy atom. The molecule has 0 saturated heterocycles. The van der Waals surface area contributed by atoms with E-state index in [0.717, 1.165) is 11.2 Å². The predicted molar refractivity (Wildman–Crippen MR) is 81.3 cm³/mol. The van der Waals surface area contributed by atoms with E-state index < -0.39 is 0 Å². The monoisotopic (exact) mass is 255 g/mol. The van der Waals surface area contributed by atoms with E-state index in [1.54, 1.807) is 0 Å². The zero-order valence-electron chi connectivity index (χ0n) is 12.5. The lowest BCUT2D eigenvalue weighted by Gasteiger charge is -2.03. The summed E-state index contributed by atoms with van der Waals surface area (Å²) in [5.74, 6) is 0. The summed E-state index contributed by atoms with van der Waals surface area (Å²) in [7, 11) is 0. The molecule has 18 heavy (non-hydrogen) atoms. The lowest BCUT2D eigenvalue weighted by Crippen LogP contribution is -2.01. The third kappa shape index (κ3) is 15.5. The van der Waals surface area contributed by atoms with Crippen LogP contribution in [0.5, 0.6) is 0 Å². The van der Waals surface area contributed by atoms with Crippen LogP contribution in [0.25, 0.3) is 0 Å². The van der Waals surface area contributed by atoms with Gasteiger partial charge in [-0.25, -0.2) is 4.74 Å². The molecule has 2 heteroatoms. The Hall–Kier alpha value is -0.530. The highest BCUT2D eigenvalue weighted by molar-refractivity contribution is 5.14. The van der Waals surface area contributed by atoms with E-state index in [1.807, 2.05) is 0 Å². The summed E-state index contributed by atoms with van der Waals surface area (Å²) in [4.78, 5) is 0. The van der Waals surface area contributed by atoms with Gasteiger partial charge in [-0.1, -0.05) is 77.6 Å². The highest BCUT2D eigenvalue weighted by atomic mass is 16.5. The molecule has 0 atom stereocenters. The number of hydrogen-bond acceptors (Lipinski definition) is 1. The van der Waals surface area contributed by atoms with Crippen LogP contribution >= 0.6 is 0 Å². The van der Waals surface area contributed by atoms with Gasteiger partial charge in [-0.3, -0.25) is 0 Å². The second-order valence-electron chi connectivity index (χ2n) is 5.45. The fourth-order valence-electron chi connectivity index (χ4n) is 2.31. The van der Waals surface area contributed by atoms with Gasteiger partial charge in [0.2, 0.25) is 0 Å². The number of hydroxylamine groups is 1. The van der Waals surface area contributed by atoms with E-state index in [2.05, 4.69) is 13.6 Å². The molecular weight excluding hydrogens is 222 g/mol. The molecule has 0 saturated carbocycles. The van der Waals surface area contributed by atoms with Gasteiger partial charge in [0, 0.05) is 6.42 Å². The van der Waals surface area contributed by atoms with Gasteiger partial charge in [-0.15, -0.1) is 0 Å². The SMILES string of the molecule is C=[N+]([O-])CCCCCCCCCCCCCCC. The van der Waals surface area contributed by atoms with Crippen LogP contribution in [-0.2, 0) is 0 Å². The average Bonchev–Trinajstić information content (AvgIpc) is 2.34. The minimum Gasteiger partial charge on any atom is -0.624 e. The van der Waals surface area contributed by atoms with Crippen LogP contribution in [0.1, 0.15) is 90.4 Å². The van der Waals surface area contributed by atoms with Gasteiger partial charge in [0.15, 0.2) is 6.54 Å². The maximum Gasteiger partial charge on any atom is 0.152 e. The van der Waals surface area contributed by atoms with Gasteiger partial charge in [-0.2, -0.15) is 0 Å². The van der Waals surface area contributed by atoms with Crippen molar-refractivity contribution >= 4 is 6.72 Å². The molecule has 0 amide bonds. The zero-order valence-corrected chi connectivity index (χ0v) is 12.5. The van der Waals surface area contributed by atoms with Crippen molar-refractivity contribution in [2.75, 3.05) is 6.54 Å². The van der Waals surface area contributed by atoms with Gasteiger partial charge in [0.05, 0.1) is 0 Å². The quantitative estimate of drug-likeness (QED) is 0.136. The topological polar surface area (TPSA) is 26.1 Å². The molecule has 0 aromatic rings. The van der Waals surface area contributed by atoms with E-state index in [9.17, 15) is 5.21 Å². The molecule has 0 heterocycles. The maximum atomic E-state index is 10.6. The van der Waals surface area contributed by atoms with Crippen molar-refractivity contribution in [3.05, 3.63) is 5.21 Å². The highest BCUT2D eigenvalue weighted by Gasteiger charge is 1.94. The largest absolute Gasteiger partial charge is 0.624 e. The second-order valence-corrected chi connectivity index (χ2v) is 5.45. The first-order valence-electron chi connectivity index (χ1n) is 8.02. The number of rotatable bonds is 14. The van der Waals surface area contributed by atoms with Crippen LogP contribution < -0.4 is 0 Å². The van der Waals surface area contributed by atoms with Crippen LogP contribution in [0.15, 0.2) is 0 Å². The van der Waals surface area contributed by atoms with Crippen molar-refractivity contribution in [2.45, 2.75) is 90.4 Å². The fraction of sp³-hybridized carbons (Fsp3) is 0.938. The van der Waals surface area contributed by atoms with Crippen molar-refractivity contribution in [1.29, 1.82) is 0 Å². The molecule has 108 valence electrons. The Bertz CT molecular complexity index is 180. The van der Waals surface area contributed by atoms with Gasteiger partial charge in [0.1, 0.15) is 6.72 Å². The molecule has 0 radical (unpaired) electrons. The Labute approximate surface area is 114 Å². The molecule has 0 aliphatic rings. The molecular formula is C16H33NO. The summed E-state index contributed by atoms with van der Waals surface area (Å²) in [6, 6.07) is 0. The van der Waals surface area contributed by atoms with Gasteiger partial charge < -0.3 is 5.21 Å². The molecule has 0 unspecified atom stereocenters. The molecule has 0 fully saturated rings. The maximum absolute atomic E-state index is 10.6. The molecule has 0 aliphatic carbocycles. The smallest absolute Gasteiger partial charge is 0.152 e. The minimum atomic E-state index is 0.595.